The van der Waals surface area contributed by atoms with Crippen LogP contribution in [-0.4, -0.2) is 50.8 Å². The van der Waals surface area contributed by atoms with Crippen LogP contribution in [-0.2, 0) is 0 Å². The zero-order chi connectivity index (χ0) is 18.2. The summed E-state index contributed by atoms with van der Waals surface area (Å²) in [5.74, 6) is -0.0245. The molecule has 1 aromatic carbocycles. The van der Waals surface area contributed by atoms with Gasteiger partial charge in [-0.3, -0.25) is 4.99 Å². The van der Waals surface area contributed by atoms with E-state index in [2.05, 4.69) is 15.6 Å². The van der Waals surface area contributed by atoms with Crippen LogP contribution in [0.3, 0.4) is 0 Å². The Morgan fingerprint density at radius 1 is 1.25 bits per heavy atom. The smallest absolute Gasteiger partial charge is 0.357 e. The zero-order valence-corrected chi connectivity index (χ0v) is 14.1. The fraction of sp³-hybridized carbons (Fsp3) is 0.562. The van der Waals surface area contributed by atoms with Crippen LogP contribution in [0.25, 0.3) is 0 Å². The van der Waals surface area contributed by atoms with Gasteiger partial charge in [-0.2, -0.15) is 13.2 Å². The summed E-state index contributed by atoms with van der Waals surface area (Å²) in [4.78, 5) is 6.21. The predicted octanol–water partition coefficient (Wildman–Crippen LogP) is 2.94. The van der Waals surface area contributed by atoms with Crippen molar-refractivity contribution in [2.75, 3.05) is 33.7 Å². The third kappa shape index (κ3) is 7.63. The largest absolute Gasteiger partial charge is 0.390 e. The molecule has 0 amide bonds. The van der Waals surface area contributed by atoms with Gasteiger partial charge in [0.1, 0.15) is 5.82 Å². The van der Waals surface area contributed by atoms with Crippen molar-refractivity contribution in [1.29, 1.82) is 0 Å². The number of hydrogen-bond acceptors (Lipinski definition) is 2. The molecular formula is C16H24F4N4. The van der Waals surface area contributed by atoms with E-state index in [0.717, 1.165) is 5.56 Å². The summed E-state index contributed by atoms with van der Waals surface area (Å²) in [6.07, 6.45) is -5.14. The molecule has 1 rings (SSSR count). The van der Waals surface area contributed by atoms with E-state index in [1.165, 1.54) is 12.1 Å². The number of aliphatic imine (C=N–C) groups is 1. The van der Waals surface area contributed by atoms with E-state index in [1.54, 1.807) is 12.1 Å². The Morgan fingerprint density at radius 2 is 1.96 bits per heavy atom. The molecule has 0 spiro atoms. The monoisotopic (exact) mass is 348 g/mol. The molecule has 0 aliphatic heterocycles. The first kappa shape index (κ1) is 20.2. The SMILES string of the molecule is CCNC(=NCC(c1cccc(F)c1)N(C)C)NCCC(F)(F)F. The first-order valence-corrected chi connectivity index (χ1v) is 7.73. The van der Waals surface area contributed by atoms with E-state index in [-0.39, 0.29) is 24.9 Å². The van der Waals surface area contributed by atoms with Gasteiger partial charge in [-0.15, -0.1) is 0 Å². The molecule has 1 atom stereocenters. The molecule has 0 saturated carbocycles. The van der Waals surface area contributed by atoms with Gasteiger partial charge in [0.2, 0.25) is 0 Å². The van der Waals surface area contributed by atoms with Gasteiger partial charge in [0.05, 0.1) is 19.0 Å². The van der Waals surface area contributed by atoms with Crippen molar-refractivity contribution in [2.24, 2.45) is 4.99 Å². The summed E-state index contributed by atoms with van der Waals surface area (Å²) < 4.78 is 50.1. The van der Waals surface area contributed by atoms with Crippen LogP contribution >= 0.6 is 0 Å². The first-order chi connectivity index (χ1) is 11.2. The summed E-state index contributed by atoms with van der Waals surface area (Å²) in [6, 6.07) is 6.04. The molecule has 4 nitrogen and oxygen atoms in total. The van der Waals surface area contributed by atoms with E-state index >= 15 is 0 Å². The maximum absolute atomic E-state index is 13.4. The fourth-order valence-electron chi connectivity index (χ4n) is 2.12. The highest BCUT2D eigenvalue weighted by molar-refractivity contribution is 5.79. The summed E-state index contributed by atoms with van der Waals surface area (Å²) in [7, 11) is 3.68. The van der Waals surface area contributed by atoms with Crippen LogP contribution < -0.4 is 10.6 Å². The van der Waals surface area contributed by atoms with Crippen LogP contribution in [0.1, 0.15) is 24.9 Å². The maximum Gasteiger partial charge on any atom is 0.390 e. The number of rotatable bonds is 7. The zero-order valence-electron chi connectivity index (χ0n) is 14.1. The van der Waals surface area contributed by atoms with Gasteiger partial charge in [0.25, 0.3) is 0 Å². The van der Waals surface area contributed by atoms with Crippen LogP contribution in [0.4, 0.5) is 17.6 Å². The lowest BCUT2D eigenvalue weighted by Gasteiger charge is -2.24. The second kappa shape index (κ2) is 9.46. The minimum absolute atomic E-state index is 0.182. The minimum atomic E-state index is -4.21. The van der Waals surface area contributed by atoms with Gasteiger partial charge in [-0.25, -0.2) is 4.39 Å². The highest BCUT2D eigenvalue weighted by Crippen LogP contribution is 2.20. The van der Waals surface area contributed by atoms with E-state index in [9.17, 15) is 17.6 Å². The van der Waals surface area contributed by atoms with E-state index in [4.69, 9.17) is 0 Å². The summed E-state index contributed by atoms with van der Waals surface area (Å²) in [5, 5.41) is 5.57. The molecule has 24 heavy (non-hydrogen) atoms. The van der Waals surface area contributed by atoms with Crippen molar-refractivity contribution < 1.29 is 17.6 Å². The Morgan fingerprint density at radius 3 is 2.50 bits per heavy atom. The number of guanidine groups is 1. The molecule has 136 valence electrons. The number of nitrogens with one attached hydrogen (secondary N) is 2. The lowest BCUT2D eigenvalue weighted by atomic mass is 10.1. The Hall–Kier alpha value is -1.83. The van der Waals surface area contributed by atoms with Gasteiger partial charge in [0, 0.05) is 13.1 Å². The number of halogens is 4. The molecule has 0 aliphatic rings. The van der Waals surface area contributed by atoms with E-state index < -0.39 is 12.6 Å². The van der Waals surface area contributed by atoms with Crippen LogP contribution in [0.2, 0.25) is 0 Å². The highest BCUT2D eigenvalue weighted by Gasteiger charge is 2.26. The van der Waals surface area contributed by atoms with Crippen molar-refractivity contribution in [3.63, 3.8) is 0 Å². The van der Waals surface area contributed by atoms with Crippen molar-refractivity contribution in [1.82, 2.24) is 15.5 Å². The number of nitrogens with zero attached hydrogens (tertiary/aromatic N) is 2. The van der Waals surface area contributed by atoms with Gasteiger partial charge >= 0.3 is 6.18 Å². The second-order valence-corrected chi connectivity index (χ2v) is 5.55. The standard InChI is InChI=1S/C16H24F4N4/c1-4-21-15(22-9-8-16(18,19)20)23-11-14(24(2)3)12-6-5-7-13(17)10-12/h5-7,10,14H,4,8-9,11H2,1-3H3,(H2,21,22,23). The molecule has 0 heterocycles. The number of benzene rings is 1. The molecular weight excluding hydrogens is 324 g/mol. The Kier molecular flexibility index (Phi) is 7.97. The van der Waals surface area contributed by atoms with E-state index in [0.29, 0.717) is 12.5 Å². The third-order valence-corrected chi connectivity index (χ3v) is 3.32. The van der Waals surface area contributed by atoms with E-state index in [1.807, 2.05) is 25.9 Å². The van der Waals surface area contributed by atoms with Crippen molar-refractivity contribution in [3.05, 3.63) is 35.6 Å². The van der Waals surface area contributed by atoms with Gasteiger partial charge in [-0.1, -0.05) is 12.1 Å². The fourth-order valence-corrected chi connectivity index (χ4v) is 2.12. The second-order valence-electron chi connectivity index (χ2n) is 5.55. The maximum atomic E-state index is 13.4. The molecule has 0 aromatic heterocycles. The average molecular weight is 348 g/mol. The lowest BCUT2D eigenvalue weighted by molar-refractivity contribution is -0.132. The summed E-state index contributed by atoms with van der Waals surface area (Å²) >= 11 is 0. The highest BCUT2D eigenvalue weighted by atomic mass is 19.4. The molecule has 0 bridgehead atoms. The Balaban J connectivity index is 2.76. The van der Waals surface area contributed by atoms with Gasteiger partial charge < -0.3 is 15.5 Å². The normalized spacial score (nSPS) is 13.9. The van der Waals surface area contributed by atoms with Crippen LogP contribution in [0.15, 0.2) is 29.3 Å². The molecule has 0 aliphatic carbocycles. The minimum Gasteiger partial charge on any atom is -0.357 e. The molecule has 8 heteroatoms. The molecule has 0 saturated heterocycles. The first-order valence-electron chi connectivity index (χ1n) is 7.73. The van der Waals surface area contributed by atoms with Gasteiger partial charge in [0.15, 0.2) is 5.96 Å². The predicted molar refractivity (Wildman–Crippen MR) is 87.5 cm³/mol. The van der Waals surface area contributed by atoms with Crippen molar-refractivity contribution in [3.8, 4) is 0 Å². The average Bonchev–Trinajstić information content (AvgIpc) is 2.45. The summed E-state index contributed by atoms with van der Waals surface area (Å²) in [5.41, 5.74) is 0.759. The van der Waals surface area contributed by atoms with Gasteiger partial charge in [-0.05, 0) is 38.7 Å². The molecule has 2 N–H and O–H groups in total. The third-order valence-electron chi connectivity index (χ3n) is 3.32. The van der Waals surface area contributed by atoms with Crippen LogP contribution in [0, 0.1) is 5.82 Å². The number of alkyl halides is 3. The molecule has 0 radical (unpaired) electrons. The van der Waals surface area contributed by atoms with Crippen molar-refractivity contribution >= 4 is 5.96 Å². The topological polar surface area (TPSA) is 39.7 Å². The molecule has 1 unspecified atom stereocenters. The molecule has 0 fully saturated rings. The van der Waals surface area contributed by atoms with Crippen LogP contribution in [0.5, 0.6) is 0 Å². The number of hydrogen-bond donors (Lipinski definition) is 2. The lowest BCUT2D eigenvalue weighted by Crippen LogP contribution is -2.39. The van der Waals surface area contributed by atoms with Crippen molar-refractivity contribution in [2.45, 2.75) is 25.6 Å². The Labute approximate surface area is 139 Å². The summed E-state index contributed by atoms with van der Waals surface area (Å²) in [6.45, 7) is 2.40. The Bertz CT molecular complexity index is 529. The molecule has 1 aromatic rings. The number of likely N-dealkylation sites (N-methyl/N-ethyl adjacent to an activating group) is 1. The quantitative estimate of drug-likeness (QED) is 0.452.